The SMILES string of the molecule is Cc1ccc(N)cc1Cn1ccc(NC(=O)c2c(F)cccc2F)n1. The third kappa shape index (κ3) is 3.65. The van der Waals surface area contributed by atoms with Crippen molar-refractivity contribution >= 4 is 17.4 Å². The molecule has 0 aliphatic rings. The molecule has 0 saturated carbocycles. The van der Waals surface area contributed by atoms with E-state index in [0.29, 0.717) is 12.2 Å². The number of carbonyl (C=O) groups is 1. The van der Waals surface area contributed by atoms with Crippen molar-refractivity contribution < 1.29 is 13.6 Å². The lowest BCUT2D eigenvalue weighted by Gasteiger charge is -2.07. The van der Waals surface area contributed by atoms with Gasteiger partial charge in [0.2, 0.25) is 0 Å². The number of benzene rings is 2. The highest BCUT2D eigenvalue weighted by Crippen LogP contribution is 2.16. The van der Waals surface area contributed by atoms with Gasteiger partial charge in [-0.25, -0.2) is 8.78 Å². The molecule has 0 radical (unpaired) electrons. The van der Waals surface area contributed by atoms with Crippen LogP contribution >= 0.6 is 0 Å². The number of hydrogen-bond donors (Lipinski definition) is 2. The standard InChI is InChI=1S/C18H16F2N4O/c1-11-5-6-13(21)9-12(11)10-24-8-7-16(23-24)22-18(25)17-14(19)3-2-4-15(17)20/h2-9H,10,21H2,1H3,(H,22,23,25). The third-order valence-electron chi connectivity index (χ3n) is 3.78. The number of rotatable bonds is 4. The minimum absolute atomic E-state index is 0.203. The summed E-state index contributed by atoms with van der Waals surface area (Å²) >= 11 is 0. The summed E-state index contributed by atoms with van der Waals surface area (Å²) in [4.78, 5) is 12.1. The Morgan fingerprint density at radius 2 is 1.92 bits per heavy atom. The van der Waals surface area contributed by atoms with Crippen molar-refractivity contribution in [3.63, 3.8) is 0 Å². The number of nitrogens with two attached hydrogens (primary N) is 1. The number of hydrogen-bond acceptors (Lipinski definition) is 3. The molecule has 0 atom stereocenters. The molecule has 0 aliphatic carbocycles. The van der Waals surface area contributed by atoms with Crippen LogP contribution in [-0.4, -0.2) is 15.7 Å². The number of anilines is 2. The van der Waals surface area contributed by atoms with E-state index in [2.05, 4.69) is 10.4 Å². The van der Waals surface area contributed by atoms with Gasteiger partial charge in [-0.15, -0.1) is 0 Å². The highest BCUT2D eigenvalue weighted by atomic mass is 19.1. The largest absolute Gasteiger partial charge is 0.399 e. The maximum absolute atomic E-state index is 13.6. The van der Waals surface area contributed by atoms with Crippen LogP contribution < -0.4 is 11.1 Å². The molecule has 0 spiro atoms. The van der Waals surface area contributed by atoms with Crippen LogP contribution in [0.25, 0.3) is 0 Å². The molecule has 2 aromatic carbocycles. The molecule has 0 unspecified atom stereocenters. The second-order valence-electron chi connectivity index (χ2n) is 5.64. The van der Waals surface area contributed by atoms with E-state index in [1.54, 1.807) is 16.9 Å². The van der Waals surface area contributed by atoms with Gasteiger partial charge in [0.1, 0.15) is 17.2 Å². The molecule has 0 bridgehead atoms. The average molecular weight is 342 g/mol. The molecule has 128 valence electrons. The lowest BCUT2D eigenvalue weighted by Crippen LogP contribution is -2.16. The van der Waals surface area contributed by atoms with Gasteiger partial charge in [-0.05, 0) is 42.3 Å². The summed E-state index contributed by atoms with van der Waals surface area (Å²) in [5.74, 6) is -2.53. The molecule has 7 heteroatoms. The van der Waals surface area contributed by atoms with Crippen LogP contribution in [0.2, 0.25) is 0 Å². The van der Waals surface area contributed by atoms with Gasteiger partial charge in [0.25, 0.3) is 5.91 Å². The van der Waals surface area contributed by atoms with Gasteiger partial charge < -0.3 is 11.1 Å². The second-order valence-corrected chi connectivity index (χ2v) is 5.64. The molecule has 0 aliphatic heterocycles. The first-order valence-corrected chi connectivity index (χ1v) is 7.58. The van der Waals surface area contributed by atoms with E-state index in [1.165, 1.54) is 6.07 Å². The van der Waals surface area contributed by atoms with Gasteiger partial charge in [0.15, 0.2) is 5.82 Å². The molecule has 3 aromatic rings. The number of aromatic nitrogens is 2. The van der Waals surface area contributed by atoms with Crippen molar-refractivity contribution in [2.24, 2.45) is 0 Å². The minimum atomic E-state index is -0.924. The van der Waals surface area contributed by atoms with Gasteiger partial charge >= 0.3 is 0 Å². The Hall–Kier alpha value is -3.22. The maximum atomic E-state index is 13.6. The molecule has 3 N–H and O–H groups in total. The number of halogens is 2. The van der Waals surface area contributed by atoms with Crippen LogP contribution in [0.15, 0.2) is 48.7 Å². The summed E-state index contributed by atoms with van der Waals surface area (Å²) in [6.45, 7) is 2.42. The van der Waals surface area contributed by atoms with E-state index in [1.807, 2.05) is 25.1 Å². The van der Waals surface area contributed by atoms with E-state index in [0.717, 1.165) is 23.3 Å². The predicted octanol–water partition coefficient (Wildman–Crippen LogP) is 3.35. The summed E-state index contributed by atoms with van der Waals surface area (Å²) in [5.41, 5.74) is 7.85. The topological polar surface area (TPSA) is 72.9 Å². The highest BCUT2D eigenvalue weighted by molar-refractivity contribution is 6.04. The van der Waals surface area contributed by atoms with Crippen LogP contribution in [0.3, 0.4) is 0 Å². The molecule has 1 aromatic heterocycles. The van der Waals surface area contributed by atoms with E-state index in [-0.39, 0.29) is 5.82 Å². The number of carbonyl (C=O) groups excluding carboxylic acids is 1. The van der Waals surface area contributed by atoms with Crippen LogP contribution in [0.1, 0.15) is 21.5 Å². The lowest BCUT2D eigenvalue weighted by atomic mass is 10.1. The fourth-order valence-corrected chi connectivity index (χ4v) is 2.45. The quantitative estimate of drug-likeness (QED) is 0.714. The van der Waals surface area contributed by atoms with Crippen molar-refractivity contribution in [2.75, 3.05) is 11.1 Å². The number of nitrogens with zero attached hydrogens (tertiary/aromatic N) is 2. The smallest absolute Gasteiger partial charge is 0.262 e. The predicted molar refractivity (Wildman–Crippen MR) is 91.2 cm³/mol. The van der Waals surface area contributed by atoms with Crippen molar-refractivity contribution in [2.45, 2.75) is 13.5 Å². The fraction of sp³-hybridized carbons (Fsp3) is 0.111. The van der Waals surface area contributed by atoms with Crippen LogP contribution in [0.4, 0.5) is 20.3 Å². The number of amides is 1. The van der Waals surface area contributed by atoms with Gasteiger partial charge in [0, 0.05) is 18.0 Å². The summed E-state index contributed by atoms with van der Waals surface area (Å²) in [5, 5.41) is 6.60. The first-order valence-electron chi connectivity index (χ1n) is 7.58. The third-order valence-corrected chi connectivity index (χ3v) is 3.78. The van der Waals surface area contributed by atoms with Gasteiger partial charge in [0.05, 0.1) is 6.54 Å². The Morgan fingerprint density at radius 1 is 1.20 bits per heavy atom. The summed E-state index contributed by atoms with van der Waals surface area (Å²) in [7, 11) is 0. The number of nitrogen functional groups attached to an aromatic ring is 1. The Balaban J connectivity index is 1.76. The van der Waals surface area contributed by atoms with Gasteiger partial charge in [-0.1, -0.05) is 12.1 Å². The molecule has 3 rings (SSSR count). The first kappa shape index (κ1) is 16.6. The molecule has 1 heterocycles. The van der Waals surface area contributed by atoms with Crippen LogP contribution in [0, 0.1) is 18.6 Å². The second kappa shape index (κ2) is 6.72. The Labute approximate surface area is 143 Å². The Kier molecular flexibility index (Phi) is 4.47. The van der Waals surface area contributed by atoms with Crippen LogP contribution in [0.5, 0.6) is 0 Å². The van der Waals surface area contributed by atoms with Gasteiger partial charge in [-0.3, -0.25) is 9.48 Å². The molecule has 25 heavy (non-hydrogen) atoms. The van der Waals surface area contributed by atoms with Crippen molar-refractivity contribution in [3.8, 4) is 0 Å². The molecule has 1 amide bonds. The van der Waals surface area contributed by atoms with Crippen LogP contribution in [-0.2, 0) is 6.54 Å². The normalized spacial score (nSPS) is 10.7. The Morgan fingerprint density at radius 3 is 2.64 bits per heavy atom. The Bertz CT molecular complexity index is 916. The zero-order valence-electron chi connectivity index (χ0n) is 13.5. The summed E-state index contributed by atoms with van der Waals surface area (Å²) in [6, 6.07) is 10.4. The maximum Gasteiger partial charge on any atom is 0.262 e. The van der Waals surface area contributed by atoms with Crippen molar-refractivity contribution in [1.29, 1.82) is 0 Å². The molecule has 0 fully saturated rings. The molecule has 5 nitrogen and oxygen atoms in total. The minimum Gasteiger partial charge on any atom is -0.399 e. The fourth-order valence-electron chi connectivity index (χ4n) is 2.45. The monoisotopic (exact) mass is 342 g/mol. The zero-order valence-corrected chi connectivity index (χ0v) is 13.5. The van der Waals surface area contributed by atoms with E-state index >= 15 is 0 Å². The summed E-state index contributed by atoms with van der Waals surface area (Å²) < 4.78 is 28.9. The van der Waals surface area contributed by atoms with E-state index in [9.17, 15) is 13.6 Å². The van der Waals surface area contributed by atoms with E-state index < -0.39 is 23.1 Å². The zero-order chi connectivity index (χ0) is 18.0. The average Bonchev–Trinajstić information content (AvgIpc) is 2.98. The van der Waals surface area contributed by atoms with Gasteiger partial charge in [-0.2, -0.15) is 5.10 Å². The number of aryl methyl sites for hydroxylation is 1. The molecule has 0 saturated heterocycles. The summed E-state index contributed by atoms with van der Waals surface area (Å²) in [6.07, 6.45) is 1.66. The number of nitrogens with one attached hydrogen (secondary N) is 1. The van der Waals surface area contributed by atoms with E-state index in [4.69, 9.17) is 5.73 Å². The van der Waals surface area contributed by atoms with Crippen molar-refractivity contribution in [1.82, 2.24) is 9.78 Å². The first-order chi connectivity index (χ1) is 11.9. The highest BCUT2D eigenvalue weighted by Gasteiger charge is 2.17. The lowest BCUT2D eigenvalue weighted by molar-refractivity contribution is 0.101. The van der Waals surface area contributed by atoms with Crippen molar-refractivity contribution in [3.05, 3.63) is 77.0 Å². The molecular weight excluding hydrogens is 326 g/mol. The molecular formula is C18H16F2N4O.